The summed E-state index contributed by atoms with van der Waals surface area (Å²) < 4.78 is 0. The van der Waals surface area contributed by atoms with E-state index in [0.717, 1.165) is 0 Å². The van der Waals surface area contributed by atoms with Crippen LogP contribution in [0.4, 0.5) is 0 Å². The third kappa shape index (κ3) is 5.43. The molecule has 0 saturated carbocycles. The maximum absolute atomic E-state index is 11.9. The zero-order valence-electron chi connectivity index (χ0n) is 12.4. The zero-order valence-corrected chi connectivity index (χ0v) is 12.4. The minimum absolute atomic E-state index is 0.0106. The quantitative estimate of drug-likeness (QED) is 0.280. The number of hydrogen-bond donors (Lipinski definition) is 6. The lowest BCUT2D eigenvalue weighted by Crippen LogP contribution is -2.82. The van der Waals surface area contributed by atoms with Crippen LogP contribution in [-0.2, 0) is 14.4 Å². The minimum Gasteiger partial charge on any atom is -0.390 e. The number of nitrogens with one attached hydrogen (secondary N) is 2. The lowest BCUT2D eigenvalue weighted by Gasteiger charge is -2.30. The molecule has 0 aliphatic heterocycles. The van der Waals surface area contributed by atoms with E-state index in [9.17, 15) is 24.6 Å². The number of rotatable bonds is 7. The Labute approximate surface area is 127 Å². The van der Waals surface area contributed by atoms with Crippen LogP contribution in [0.25, 0.3) is 0 Å². The maximum atomic E-state index is 11.9. The van der Waals surface area contributed by atoms with Crippen LogP contribution in [0.15, 0.2) is 11.6 Å². The Morgan fingerprint density at radius 3 is 2.68 bits per heavy atom. The molecule has 0 saturated heterocycles. The van der Waals surface area contributed by atoms with Crippen molar-refractivity contribution < 1.29 is 29.9 Å². The van der Waals surface area contributed by atoms with Crippen LogP contribution in [0.5, 0.6) is 0 Å². The number of amides is 3. The highest BCUT2D eigenvalue weighted by atomic mass is 16.3. The lowest BCUT2D eigenvalue weighted by atomic mass is 9.90. The fraction of sp³-hybridized carbons (Fsp3) is 0.615. The van der Waals surface area contributed by atoms with Gasteiger partial charge in [-0.3, -0.25) is 14.4 Å². The van der Waals surface area contributed by atoms with E-state index in [0.29, 0.717) is 0 Å². The summed E-state index contributed by atoms with van der Waals surface area (Å²) in [5, 5.41) is 26.4. The summed E-state index contributed by atoms with van der Waals surface area (Å²) in [7, 11) is 1.72. The number of nitrogens with two attached hydrogens (primary N) is 2. The number of aliphatic hydroxyl groups is 2. The first-order chi connectivity index (χ1) is 10.3. The molecule has 22 heavy (non-hydrogen) atoms. The van der Waals surface area contributed by atoms with Crippen molar-refractivity contribution in [1.82, 2.24) is 10.6 Å². The normalized spacial score (nSPS) is 24.3. The molecule has 124 valence electrons. The molecule has 3 amide bonds. The number of hydrogen-bond acceptors (Lipinski definition) is 5. The first kappa shape index (κ1) is 18.1. The molecule has 1 rings (SSSR count). The highest BCUT2D eigenvalue weighted by molar-refractivity contribution is 5.94. The Hall–Kier alpha value is -1.97. The molecule has 9 nitrogen and oxygen atoms in total. The van der Waals surface area contributed by atoms with Crippen LogP contribution in [0.1, 0.15) is 12.8 Å². The molecule has 0 bridgehead atoms. The van der Waals surface area contributed by atoms with Gasteiger partial charge in [-0.05, 0) is 0 Å². The van der Waals surface area contributed by atoms with Gasteiger partial charge >= 0.3 is 0 Å². The second-order valence-corrected chi connectivity index (χ2v) is 5.13. The van der Waals surface area contributed by atoms with Crippen LogP contribution in [0.3, 0.4) is 0 Å². The predicted octanol–water partition coefficient (Wildman–Crippen LogP) is -4.29. The first-order valence-corrected chi connectivity index (χ1v) is 7.05. The number of carbonyl (C=O) groups is 3. The summed E-state index contributed by atoms with van der Waals surface area (Å²) in [6.45, 7) is 0.263. The summed E-state index contributed by atoms with van der Waals surface area (Å²) in [6.07, 6.45) is -0.933. The second-order valence-electron chi connectivity index (χ2n) is 5.13. The van der Waals surface area contributed by atoms with E-state index in [1.165, 1.54) is 6.08 Å². The van der Waals surface area contributed by atoms with E-state index in [-0.39, 0.29) is 37.4 Å². The first-order valence-electron chi connectivity index (χ1n) is 7.05. The molecule has 9 heteroatoms. The molecule has 0 radical (unpaired) electrons. The predicted molar refractivity (Wildman–Crippen MR) is 76.2 cm³/mol. The molecule has 1 aliphatic carbocycles. The summed E-state index contributed by atoms with van der Waals surface area (Å²) in [5.74, 6) is -1.31. The minimum atomic E-state index is -1.18. The molecule has 1 aliphatic rings. The van der Waals surface area contributed by atoms with Gasteiger partial charge in [0.1, 0.15) is 6.10 Å². The van der Waals surface area contributed by atoms with Crippen LogP contribution < -0.4 is 21.7 Å². The SMILES string of the molecule is C[NH2+]CC(=O)N[C@@H]1C=C(C(=O)NCCC(N)=O)C[C@@H](O)[C@@H]1O. The molecule has 0 spiro atoms. The Morgan fingerprint density at radius 1 is 1.41 bits per heavy atom. The second kappa shape index (κ2) is 8.47. The Balaban J connectivity index is 2.69. The average Bonchev–Trinajstić information content (AvgIpc) is 2.43. The van der Waals surface area contributed by atoms with Crippen LogP contribution in [0, 0.1) is 0 Å². The smallest absolute Gasteiger partial charge is 0.275 e. The number of primary amides is 1. The monoisotopic (exact) mass is 315 g/mol. The number of likely N-dealkylation sites (N-methyl/N-ethyl adjacent to an activating group) is 1. The van der Waals surface area contributed by atoms with Crippen LogP contribution in [-0.4, -0.2) is 66.3 Å². The van der Waals surface area contributed by atoms with Crippen molar-refractivity contribution >= 4 is 17.7 Å². The Bertz CT molecular complexity index is 465. The molecule has 0 fully saturated rings. The van der Waals surface area contributed by atoms with E-state index in [4.69, 9.17) is 5.73 Å². The van der Waals surface area contributed by atoms with E-state index in [2.05, 4.69) is 10.6 Å². The topological polar surface area (TPSA) is 158 Å². The standard InChI is InChI=1S/C13H22N4O5/c1-15-6-11(20)17-8-4-7(5-9(18)12(8)21)13(22)16-3-2-10(14)19/h4,8-9,12,15,18,21H,2-3,5-6H2,1H3,(H2,14,19)(H,16,22)(H,17,20)/p+1/t8-,9-,12-/m1/s1. The Kier molecular flexibility index (Phi) is 6.96. The molecule has 0 heterocycles. The molecule has 0 aromatic carbocycles. The molecular weight excluding hydrogens is 292 g/mol. The van der Waals surface area contributed by atoms with Crippen molar-refractivity contribution in [1.29, 1.82) is 0 Å². The van der Waals surface area contributed by atoms with Gasteiger partial charge in [-0.25, -0.2) is 0 Å². The van der Waals surface area contributed by atoms with Gasteiger partial charge in [0, 0.05) is 25.0 Å². The van der Waals surface area contributed by atoms with Gasteiger partial charge < -0.3 is 31.9 Å². The molecule has 8 N–H and O–H groups in total. The molecular formula is C13H23N4O5+. The van der Waals surface area contributed by atoms with Crippen molar-refractivity contribution in [2.75, 3.05) is 20.1 Å². The van der Waals surface area contributed by atoms with Gasteiger partial charge in [0.15, 0.2) is 6.54 Å². The molecule has 3 atom stereocenters. The van der Waals surface area contributed by atoms with Crippen LogP contribution in [0.2, 0.25) is 0 Å². The van der Waals surface area contributed by atoms with Crippen molar-refractivity contribution in [2.24, 2.45) is 5.73 Å². The van der Waals surface area contributed by atoms with E-state index < -0.39 is 30.1 Å². The fourth-order valence-corrected chi connectivity index (χ4v) is 2.11. The van der Waals surface area contributed by atoms with Crippen molar-refractivity contribution in [3.8, 4) is 0 Å². The molecule has 0 aromatic rings. The largest absolute Gasteiger partial charge is 0.390 e. The summed E-state index contributed by atoms with van der Waals surface area (Å²) in [5.41, 5.74) is 5.22. The zero-order chi connectivity index (χ0) is 16.7. The molecule has 0 unspecified atom stereocenters. The summed E-state index contributed by atoms with van der Waals surface area (Å²) in [6, 6.07) is -0.840. The van der Waals surface area contributed by atoms with Crippen molar-refractivity contribution in [3.63, 3.8) is 0 Å². The van der Waals surface area contributed by atoms with Gasteiger partial charge in [-0.1, -0.05) is 6.08 Å². The molecule has 0 aromatic heterocycles. The van der Waals surface area contributed by atoms with Crippen molar-refractivity contribution in [2.45, 2.75) is 31.1 Å². The number of carbonyl (C=O) groups excluding carboxylic acids is 3. The van der Waals surface area contributed by atoms with Crippen LogP contribution >= 0.6 is 0 Å². The van der Waals surface area contributed by atoms with Gasteiger partial charge in [-0.2, -0.15) is 0 Å². The number of quaternary nitrogens is 1. The third-order valence-corrected chi connectivity index (χ3v) is 3.24. The Morgan fingerprint density at radius 2 is 2.09 bits per heavy atom. The van der Waals surface area contributed by atoms with Crippen molar-refractivity contribution in [3.05, 3.63) is 11.6 Å². The third-order valence-electron chi connectivity index (χ3n) is 3.24. The lowest BCUT2D eigenvalue weighted by molar-refractivity contribution is -0.615. The van der Waals surface area contributed by atoms with Gasteiger partial charge in [-0.15, -0.1) is 0 Å². The van der Waals surface area contributed by atoms with Gasteiger partial charge in [0.25, 0.3) is 5.91 Å². The van der Waals surface area contributed by atoms with Gasteiger partial charge in [0.05, 0.1) is 19.2 Å². The summed E-state index contributed by atoms with van der Waals surface area (Å²) >= 11 is 0. The highest BCUT2D eigenvalue weighted by Gasteiger charge is 2.33. The average molecular weight is 315 g/mol. The van der Waals surface area contributed by atoms with Gasteiger partial charge in [0.2, 0.25) is 11.8 Å². The fourth-order valence-electron chi connectivity index (χ4n) is 2.11. The highest BCUT2D eigenvalue weighted by Crippen LogP contribution is 2.19. The van der Waals surface area contributed by atoms with E-state index in [1.807, 2.05) is 0 Å². The maximum Gasteiger partial charge on any atom is 0.275 e. The summed E-state index contributed by atoms with van der Waals surface area (Å²) in [4.78, 5) is 34.1. The number of aliphatic hydroxyl groups excluding tert-OH is 2. The van der Waals surface area contributed by atoms with E-state index in [1.54, 1.807) is 12.4 Å². The van der Waals surface area contributed by atoms with E-state index >= 15 is 0 Å².